The number of ether oxygens (including phenoxy) is 1. The normalized spacial score (nSPS) is 10.3. The Morgan fingerprint density at radius 3 is 2.47 bits per heavy atom. The highest BCUT2D eigenvalue weighted by Crippen LogP contribution is 2.30. The van der Waals surface area contributed by atoms with Crippen LogP contribution in [-0.2, 0) is 0 Å². The molecular weight excluding hydrogens is 240 g/mol. The van der Waals surface area contributed by atoms with Gasteiger partial charge in [-0.05, 0) is 42.7 Å². The Labute approximate surface area is 112 Å². The van der Waals surface area contributed by atoms with Crippen LogP contribution in [-0.4, -0.2) is 18.2 Å². The van der Waals surface area contributed by atoms with Crippen molar-refractivity contribution in [1.82, 2.24) is 0 Å². The highest BCUT2D eigenvalue weighted by Gasteiger charge is 2.14. The lowest BCUT2D eigenvalue weighted by Gasteiger charge is -2.12. The van der Waals surface area contributed by atoms with Crippen LogP contribution in [0, 0.1) is 13.8 Å². The van der Waals surface area contributed by atoms with E-state index in [9.17, 15) is 9.90 Å². The summed E-state index contributed by atoms with van der Waals surface area (Å²) in [6, 6.07) is 11.4. The molecule has 3 heteroatoms. The first kappa shape index (κ1) is 13.1. The van der Waals surface area contributed by atoms with Crippen LogP contribution in [0.15, 0.2) is 36.4 Å². The highest BCUT2D eigenvalue weighted by molar-refractivity contribution is 5.93. The van der Waals surface area contributed by atoms with E-state index in [1.165, 1.54) is 7.11 Å². The molecule has 2 aromatic rings. The van der Waals surface area contributed by atoms with Crippen molar-refractivity contribution in [2.45, 2.75) is 13.8 Å². The summed E-state index contributed by atoms with van der Waals surface area (Å²) in [6.07, 6.45) is 0. The van der Waals surface area contributed by atoms with Crippen LogP contribution in [0.5, 0.6) is 5.75 Å². The minimum absolute atomic E-state index is 0.185. The van der Waals surface area contributed by atoms with Gasteiger partial charge in [-0.2, -0.15) is 0 Å². The molecule has 0 atom stereocenters. The lowest BCUT2D eigenvalue weighted by atomic mass is 9.96. The van der Waals surface area contributed by atoms with Gasteiger partial charge in [0.25, 0.3) is 0 Å². The van der Waals surface area contributed by atoms with E-state index in [1.54, 1.807) is 12.1 Å². The van der Waals surface area contributed by atoms with Crippen LogP contribution < -0.4 is 4.74 Å². The molecule has 0 amide bonds. The lowest BCUT2D eigenvalue weighted by molar-refractivity contribution is 0.0693. The number of rotatable bonds is 3. The minimum Gasteiger partial charge on any atom is -0.496 e. The summed E-state index contributed by atoms with van der Waals surface area (Å²) >= 11 is 0. The topological polar surface area (TPSA) is 46.5 Å². The van der Waals surface area contributed by atoms with Crippen LogP contribution >= 0.6 is 0 Å². The van der Waals surface area contributed by atoms with Crippen LogP contribution in [0.4, 0.5) is 0 Å². The third-order valence-electron chi connectivity index (χ3n) is 3.11. The largest absolute Gasteiger partial charge is 0.496 e. The molecule has 0 aliphatic heterocycles. The predicted molar refractivity (Wildman–Crippen MR) is 74.9 cm³/mol. The maximum atomic E-state index is 11.3. The average Bonchev–Trinajstić information content (AvgIpc) is 2.37. The number of methoxy groups -OCH3 is 1. The zero-order valence-electron chi connectivity index (χ0n) is 11.2. The first-order chi connectivity index (χ1) is 9.02. The van der Waals surface area contributed by atoms with Gasteiger partial charge in [-0.3, -0.25) is 0 Å². The Balaban J connectivity index is 2.64. The molecule has 0 heterocycles. The molecule has 0 unspecified atom stereocenters. The van der Waals surface area contributed by atoms with Crippen LogP contribution in [0.2, 0.25) is 0 Å². The molecule has 1 N–H and O–H groups in total. The molecule has 0 aromatic heterocycles. The number of benzene rings is 2. The number of carboxylic acids is 1. The van der Waals surface area contributed by atoms with Gasteiger partial charge in [0.2, 0.25) is 0 Å². The molecule has 0 saturated heterocycles. The van der Waals surface area contributed by atoms with Gasteiger partial charge in [-0.15, -0.1) is 0 Å². The monoisotopic (exact) mass is 256 g/mol. The fraction of sp³-hybridized carbons (Fsp3) is 0.188. The maximum Gasteiger partial charge on any atom is 0.339 e. The molecule has 0 spiro atoms. The standard InChI is InChI=1S/C16H16O3/c1-10-5-4-6-12(7-10)13-9-14(16(17)18)15(19-3)8-11(13)2/h4-9H,1-3H3,(H,17,18). The second-order valence-electron chi connectivity index (χ2n) is 4.54. The van der Waals surface area contributed by atoms with Crippen molar-refractivity contribution in [3.05, 3.63) is 53.1 Å². The van der Waals surface area contributed by atoms with Crippen molar-refractivity contribution in [3.63, 3.8) is 0 Å². The molecular formula is C16H16O3. The number of aryl methyl sites for hydroxylation is 2. The third kappa shape index (κ3) is 2.60. The van der Waals surface area contributed by atoms with Crippen molar-refractivity contribution in [3.8, 4) is 16.9 Å². The van der Waals surface area contributed by atoms with E-state index < -0.39 is 5.97 Å². The molecule has 0 fully saturated rings. The number of carbonyl (C=O) groups is 1. The second kappa shape index (κ2) is 5.14. The molecule has 0 aliphatic rings. The Morgan fingerprint density at radius 2 is 1.89 bits per heavy atom. The van der Waals surface area contributed by atoms with Gasteiger partial charge in [0.15, 0.2) is 0 Å². The van der Waals surface area contributed by atoms with Gasteiger partial charge < -0.3 is 9.84 Å². The molecule has 0 bridgehead atoms. The van der Waals surface area contributed by atoms with Gasteiger partial charge in [0.05, 0.1) is 7.11 Å². The second-order valence-corrected chi connectivity index (χ2v) is 4.54. The van der Waals surface area contributed by atoms with E-state index in [4.69, 9.17) is 4.74 Å². The quantitative estimate of drug-likeness (QED) is 0.911. The molecule has 0 radical (unpaired) electrons. The summed E-state index contributed by atoms with van der Waals surface area (Å²) in [5.41, 5.74) is 4.26. The molecule has 0 aliphatic carbocycles. The van der Waals surface area contributed by atoms with Crippen molar-refractivity contribution in [2.75, 3.05) is 7.11 Å². The Morgan fingerprint density at radius 1 is 1.16 bits per heavy atom. The zero-order valence-corrected chi connectivity index (χ0v) is 11.2. The summed E-state index contributed by atoms with van der Waals surface area (Å²) in [5, 5.41) is 9.23. The van der Waals surface area contributed by atoms with E-state index in [0.29, 0.717) is 5.75 Å². The van der Waals surface area contributed by atoms with Crippen LogP contribution in [0.3, 0.4) is 0 Å². The summed E-state index contributed by atoms with van der Waals surface area (Å²) < 4.78 is 5.12. The molecule has 98 valence electrons. The average molecular weight is 256 g/mol. The minimum atomic E-state index is -0.981. The zero-order chi connectivity index (χ0) is 14.0. The lowest BCUT2D eigenvalue weighted by Crippen LogP contribution is -2.02. The number of aromatic carboxylic acids is 1. The summed E-state index contributed by atoms with van der Waals surface area (Å²) in [7, 11) is 1.48. The Kier molecular flexibility index (Phi) is 3.56. The Bertz CT molecular complexity index is 630. The fourth-order valence-corrected chi connectivity index (χ4v) is 2.14. The van der Waals surface area contributed by atoms with E-state index in [1.807, 2.05) is 38.1 Å². The van der Waals surface area contributed by atoms with Crippen molar-refractivity contribution >= 4 is 5.97 Å². The molecule has 0 saturated carbocycles. The van der Waals surface area contributed by atoms with Gasteiger partial charge in [0, 0.05) is 0 Å². The van der Waals surface area contributed by atoms with E-state index in [2.05, 4.69) is 0 Å². The number of hydrogen-bond acceptors (Lipinski definition) is 2. The van der Waals surface area contributed by atoms with E-state index >= 15 is 0 Å². The smallest absolute Gasteiger partial charge is 0.339 e. The van der Waals surface area contributed by atoms with Crippen molar-refractivity contribution in [2.24, 2.45) is 0 Å². The number of carboxylic acid groups (broad SMARTS) is 1. The fourth-order valence-electron chi connectivity index (χ4n) is 2.14. The number of hydrogen-bond donors (Lipinski definition) is 1. The predicted octanol–water partition coefficient (Wildman–Crippen LogP) is 3.68. The molecule has 19 heavy (non-hydrogen) atoms. The van der Waals surface area contributed by atoms with E-state index in [0.717, 1.165) is 22.3 Å². The summed E-state index contributed by atoms with van der Waals surface area (Å²) in [4.78, 5) is 11.3. The van der Waals surface area contributed by atoms with E-state index in [-0.39, 0.29) is 5.56 Å². The van der Waals surface area contributed by atoms with Crippen molar-refractivity contribution < 1.29 is 14.6 Å². The first-order valence-corrected chi connectivity index (χ1v) is 6.02. The van der Waals surface area contributed by atoms with Crippen LogP contribution in [0.1, 0.15) is 21.5 Å². The maximum absolute atomic E-state index is 11.3. The summed E-state index contributed by atoms with van der Waals surface area (Å²) in [5.74, 6) is -0.591. The van der Waals surface area contributed by atoms with Gasteiger partial charge >= 0.3 is 5.97 Å². The SMILES string of the molecule is COc1cc(C)c(-c2cccc(C)c2)cc1C(=O)O. The van der Waals surface area contributed by atoms with Gasteiger partial charge in [-0.25, -0.2) is 4.79 Å². The highest BCUT2D eigenvalue weighted by atomic mass is 16.5. The molecule has 3 nitrogen and oxygen atoms in total. The Hall–Kier alpha value is -2.29. The third-order valence-corrected chi connectivity index (χ3v) is 3.11. The molecule has 2 aromatic carbocycles. The summed E-state index contributed by atoms with van der Waals surface area (Å²) in [6.45, 7) is 3.96. The molecule has 2 rings (SSSR count). The first-order valence-electron chi connectivity index (χ1n) is 6.02. The van der Waals surface area contributed by atoms with Gasteiger partial charge in [0.1, 0.15) is 11.3 Å². The van der Waals surface area contributed by atoms with Crippen molar-refractivity contribution in [1.29, 1.82) is 0 Å². The van der Waals surface area contributed by atoms with Crippen LogP contribution in [0.25, 0.3) is 11.1 Å². The van der Waals surface area contributed by atoms with Gasteiger partial charge in [-0.1, -0.05) is 29.8 Å².